The number of aromatic nitrogens is 3. The Morgan fingerprint density at radius 1 is 1.25 bits per heavy atom. The van der Waals surface area contributed by atoms with Crippen LogP contribution in [0.3, 0.4) is 0 Å². The van der Waals surface area contributed by atoms with Gasteiger partial charge in [0.1, 0.15) is 5.82 Å². The quantitative estimate of drug-likeness (QED) is 0.282. The van der Waals surface area contributed by atoms with Gasteiger partial charge < -0.3 is 9.30 Å². The van der Waals surface area contributed by atoms with Crippen molar-refractivity contribution in [2.75, 3.05) is 6.61 Å². The van der Waals surface area contributed by atoms with Crippen LogP contribution < -0.4 is 0 Å². The van der Waals surface area contributed by atoms with Crippen LogP contribution >= 0.6 is 23.4 Å². The maximum atomic E-state index is 14.4. The number of fused-ring (bicyclic) bond motifs is 1. The zero-order chi connectivity index (χ0) is 22.8. The summed E-state index contributed by atoms with van der Waals surface area (Å²) in [5.41, 5.74) is 3.10. The van der Waals surface area contributed by atoms with Gasteiger partial charge in [-0.25, -0.2) is 9.18 Å². The van der Waals surface area contributed by atoms with Crippen molar-refractivity contribution < 1.29 is 13.9 Å². The molecule has 0 bridgehead atoms. The SMILES string of the molecule is CCCn1cc(-n2c(C)c(Sc3cccc(C(=O)OCC)c3)c3cc(F)c(Cl)cc32)cn1. The number of aryl methyl sites for hydroxylation is 1. The smallest absolute Gasteiger partial charge is 0.338 e. The fraction of sp³-hybridized carbons (Fsp3) is 0.250. The van der Waals surface area contributed by atoms with Gasteiger partial charge in [-0.3, -0.25) is 4.68 Å². The van der Waals surface area contributed by atoms with Gasteiger partial charge in [0.05, 0.1) is 34.6 Å². The van der Waals surface area contributed by atoms with E-state index in [9.17, 15) is 9.18 Å². The number of ether oxygens (including phenoxy) is 1. The second kappa shape index (κ2) is 9.38. The lowest BCUT2D eigenvalue weighted by Gasteiger charge is -2.07. The van der Waals surface area contributed by atoms with Crippen molar-refractivity contribution in [2.24, 2.45) is 0 Å². The van der Waals surface area contributed by atoms with Crippen LogP contribution in [0.15, 0.2) is 58.6 Å². The molecule has 8 heteroatoms. The van der Waals surface area contributed by atoms with E-state index >= 15 is 0 Å². The van der Waals surface area contributed by atoms with Gasteiger partial charge in [-0.05, 0) is 50.6 Å². The van der Waals surface area contributed by atoms with Crippen LogP contribution in [0.2, 0.25) is 5.02 Å². The standard InChI is InChI=1S/C24H23ClFN3O2S/c1-4-9-28-14-17(13-27-28)29-15(3)23(19-11-21(26)20(25)12-22(19)29)32-18-8-6-7-16(10-18)24(30)31-5-2/h6-8,10-14H,4-5,9H2,1-3H3. The molecule has 0 fully saturated rings. The molecular formula is C24H23ClFN3O2S. The number of hydrogen-bond acceptors (Lipinski definition) is 4. The molecule has 2 aromatic heterocycles. The van der Waals surface area contributed by atoms with Gasteiger partial charge in [0.2, 0.25) is 0 Å². The van der Waals surface area contributed by atoms with E-state index in [1.807, 2.05) is 34.5 Å². The third-order valence-electron chi connectivity index (χ3n) is 5.08. The molecule has 0 atom stereocenters. The van der Waals surface area contributed by atoms with E-state index in [0.717, 1.165) is 45.0 Å². The van der Waals surface area contributed by atoms with E-state index < -0.39 is 5.82 Å². The van der Waals surface area contributed by atoms with Crippen LogP contribution in [0.1, 0.15) is 36.3 Å². The molecule has 32 heavy (non-hydrogen) atoms. The maximum Gasteiger partial charge on any atom is 0.338 e. The van der Waals surface area contributed by atoms with Gasteiger partial charge in [-0.2, -0.15) is 5.10 Å². The van der Waals surface area contributed by atoms with Crippen molar-refractivity contribution in [3.63, 3.8) is 0 Å². The Balaban J connectivity index is 1.83. The summed E-state index contributed by atoms with van der Waals surface area (Å²) in [7, 11) is 0. The molecule has 4 rings (SSSR count). The molecule has 5 nitrogen and oxygen atoms in total. The van der Waals surface area contributed by atoms with E-state index in [1.165, 1.54) is 17.8 Å². The summed E-state index contributed by atoms with van der Waals surface area (Å²) in [6, 6.07) is 10.4. The second-order valence-electron chi connectivity index (χ2n) is 7.35. The predicted octanol–water partition coefficient (Wildman–Crippen LogP) is 6.67. The minimum Gasteiger partial charge on any atom is -0.462 e. The number of esters is 1. The molecule has 4 aromatic rings. The summed E-state index contributed by atoms with van der Waals surface area (Å²) >= 11 is 7.62. The third-order valence-corrected chi connectivity index (χ3v) is 6.58. The van der Waals surface area contributed by atoms with Gasteiger partial charge in [0, 0.05) is 33.6 Å². The number of hydrogen-bond donors (Lipinski definition) is 0. The molecule has 0 saturated heterocycles. The normalized spacial score (nSPS) is 11.3. The highest BCUT2D eigenvalue weighted by Crippen LogP contribution is 2.41. The maximum absolute atomic E-state index is 14.4. The lowest BCUT2D eigenvalue weighted by Crippen LogP contribution is -2.04. The van der Waals surface area contributed by atoms with Crippen molar-refractivity contribution in [3.05, 3.63) is 70.9 Å². The predicted molar refractivity (Wildman–Crippen MR) is 126 cm³/mol. The average molecular weight is 472 g/mol. The van der Waals surface area contributed by atoms with Crippen LogP contribution in [0.25, 0.3) is 16.6 Å². The van der Waals surface area contributed by atoms with Crippen LogP contribution in [-0.2, 0) is 11.3 Å². The molecule has 0 amide bonds. The van der Waals surface area contributed by atoms with Gasteiger partial charge in [0.25, 0.3) is 0 Å². The Hall–Kier alpha value is -2.77. The van der Waals surface area contributed by atoms with E-state index in [4.69, 9.17) is 16.3 Å². The number of carbonyl (C=O) groups excluding carboxylic acids is 1. The fourth-order valence-electron chi connectivity index (χ4n) is 3.68. The van der Waals surface area contributed by atoms with E-state index in [2.05, 4.69) is 12.0 Å². The number of rotatable bonds is 7. The first kappa shape index (κ1) is 22.4. The Morgan fingerprint density at radius 2 is 2.06 bits per heavy atom. The van der Waals surface area contributed by atoms with Gasteiger partial charge >= 0.3 is 5.97 Å². The van der Waals surface area contributed by atoms with Crippen LogP contribution in [0.5, 0.6) is 0 Å². The highest BCUT2D eigenvalue weighted by atomic mass is 35.5. The zero-order valence-corrected chi connectivity index (χ0v) is 19.6. The van der Waals surface area contributed by atoms with Crippen molar-refractivity contribution in [1.29, 1.82) is 0 Å². The van der Waals surface area contributed by atoms with Crippen molar-refractivity contribution in [1.82, 2.24) is 14.3 Å². The molecule has 2 aromatic carbocycles. The molecule has 166 valence electrons. The topological polar surface area (TPSA) is 49.0 Å². The van der Waals surface area contributed by atoms with E-state index in [1.54, 1.807) is 31.3 Å². The highest BCUT2D eigenvalue weighted by Gasteiger charge is 2.20. The lowest BCUT2D eigenvalue weighted by atomic mass is 10.2. The summed E-state index contributed by atoms with van der Waals surface area (Å²) in [6.07, 6.45) is 4.75. The van der Waals surface area contributed by atoms with Crippen molar-refractivity contribution >= 4 is 40.2 Å². The minimum atomic E-state index is -0.472. The average Bonchev–Trinajstić information content (AvgIpc) is 3.32. The van der Waals surface area contributed by atoms with Crippen molar-refractivity contribution in [2.45, 2.75) is 43.5 Å². The number of carbonyl (C=O) groups is 1. The molecule has 0 aliphatic carbocycles. The monoisotopic (exact) mass is 471 g/mol. The summed E-state index contributed by atoms with van der Waals surface area (Å²) in [5, 5.41) is 5.26. The molecule has 0 radical (unpaired) electrons. The second-order valence-corrected chi connectivity index (χ2v) is 8.84. The van der Waals surface area contributed by atoms with Crippen LogP contribution in [-0.4, -0.2) is 26.9 Å². The Morgan fingerprint density at radius 3 is 2.81 bits per heavy atom. The molecule has 0 spiro atoms. The molecule has 0 aliphatic heterocycles. The number of nitrogens with zero attached hydrogens (tertiary/aromatic N) is 3. The first-order valence-electron chi connectivity index (χ1n) is 10.4. The van der Waals surface area contributed by atoms with Gasteiger partial charge in [-0.1, -0.05) is 36.4 Å². The largest absolute Gasteiger partial charge is 0.462 e. The first-order chi connectivity index (χ1) is 15.4. The minimum absolute atomic E-state index is 0.0676. The summed E-state index contributed by atoms with van der Waals surface area (Å²) < 4.78 is 23.5. The van der Waals surface area contributed by atoms with Crippen molar-refractivity contribution in [3.8, 4) is 5.69 Å². The highest BCUT2D eigenvalue weighted by molar-refractivity contribution is 7.99. The number of halogens is 2. The van der Waals surface area contributed by atoms with Crippen LogP contribution in [0.4, 0.5) is 4.39 Å². The Kier molecular flexibility index (Phi) is 6.58. The van der Waals surface area contributed by atoms with E-state index in [-0.39, 0.29) is 11.0 Å². The van der Waals surface area contributed by atoms with E-state index in [0.29, 0.717) is 12.2 Å². The third kappa shape index (κ3) is 4.27. The first-order valence-corrected chi connectivity index (χ1v) is 11.6. The van der Waals surface area contributed by atoms with Gasteiger partial charge in [-0.15, -0.1) is 0 Å². The molecule has 2 heterocycles. The Bertz CT molecular complexity index is 1300. The summed E-state index contributed by atoms with van der Waals surface area (Å²) in [5.74, 6) is -0.838. The molecule has 0 N–H and O–H groups in total. The Labute approximate surface area is 195 Å². The summed E-state index contributed by atoms with van der Waals surface area (Å²) in [6.45, 7) is 6.99. The molecule has 0 saturated carbocycles. The molecule has 0 unspecified atom stereocenters. The van der Waals surface area contributed by atoms with Crippen LogP contribution in [0, 0.1) is 12.7 Å². The van der Waals surface area contributed by atoms with Gasteiger partial charge in [0.15, 0.2) is 0 Å². The summed E-state index contributed by atoms with van der Waals surface area (Å²) in [4.78, 5) is 13.9. The fourth-order valence-corrected chi connectivity index (χ4v) is 4.92. The zero-order valence-electron chi connectivity index (χ0n) is 18.1. The lowest BCUT2D eigenvalue weighted by molar-refractivity contribution is 0.0526. The molecule has 0 aliphatic rings. The number of benzene rings is 2. The molecular weight excluding hydrogens is 449 g/mol.